The number of para-hydroxylation sites is 1. The van der Waals surface area contributed by atoms with Crippen molar-refractivity contribution in [2.45, 2.75) is 23.6 Å². The molecule has 0 aliphatic carbocycles. The number of hydrogen-bond donors (Lipinski definition) is 3. The molecule has 208 valence electrons. The van der Waals surface area contributed by atoms with Crippen LogP contribution in [-0.2, 0) is 20.0 Å². The van der Waals surface area contributed by atoms with Crippen molar-refractivity contribution in [1.29, 1.82) is 0 Å². The summed E-state index contributed by atoms with van der Waals surface area (Å²) in [5.41, 5.74) is 2.64. The van der Waals surface area contributed by atoms with E-state index in [-0.39, 0.29) is 15.4 Å². The SMILES string of the molecule is Cc1ccccc1NS(=O)(=O)c1cc(C(=O)Nc2ccc(S(=O)(=O)Nc3cccc4ccccc34)cc2)ccc1C. The minimum atomic E-state index is -3.96. The summed E-state index contributed by atoms with van der Waals surface area (Å²) in [7, 11) is -7.86. The van der Waals surface area contributed by atoms with Gasteiger partial charge in [0.15, 0.2) is 0 Å². The lowest BCUT2D eigenvalue weighted by Crippen LogP contribution is -2.17. The van der Waals surface area contributed by atoms with Crippen LogP contribution < -0.4 is 14.8 Å². The first-order chi connectivity index (χ1) is 19.5. The zero-order chi connectivity index (χ0) is 29.2. The molecule has 0 fully saturated rings. The average Bonchev–Trinajstić information content (AvgIpc) is 2.94. The molecule has 0 saturated heterocycles. The summed E-state index contributed by atoms with van der Waals surface area (Å²) in [5, 5.41) is 4.38. The summed E-state index contributed by atoms with van der Waals surface area (Å²) in [6.45, 7) is 3.45. The Hall–Kier alpha value is -4.67. The van der Waals surface area contributed by atoms with Gasteiger partial charge >= 0.3 is 0 Å². The van der Waals surface area contributed by atoms with Crippen LogP contribution >= 0.6 is 0 Å². The molecule has 5 rings (SSSR count). The van der Waals surface area contributed by atoms with Crippen LogP contribution in [0.15, 0.2) is 119 Å². The molecule has 0 saturated carbocycles. The molecule has 5 aromatic carbocycles. The van der Waals surface area contributed by atoms with E-state index in [2.05, 4.69) is 14.8 Å². The highest BCUT2D eigenvalue weighted by molar-refractivity contribution is 7.93. The molecule has 0 radical (unpaired) electrons. The van der Waals surface area contributed by atoms with Gasteiger partial charge in [-0.3, -0.25) is 14.2 Å². The summed E-state index contributed by atoms with van der Waals surface area (Å²) in [6, 6.07) is 30.0. The summed E-state index contributed by atoms with van der Waals surface area (Å²) in [4.78, 5) is 13.0. The van der Waals surface area contributed by atoms with Gasteiger partial charge in [0, 0.05) is 16.6 Å². The van der Waals surface area contributed by atoms with Crippen LogP contribution in [-0.4, -0.2) is 22.7 Å². The highest BCUT2D eigenvalue weighted by atomic mass is 32.2. The molecule has 0 unspecified atom stereocenters. The van der Waals surface area contributed by atoms with Crippen LogP contribution in [0.5, 0.6) is 0 Å². The normalized spacial score (nSPS) is 11.7. The molecule has 0 spiro atoms. The van der Waals surface area contributed by atoms with E-state index in [1.807, 2.05) is 36.4 Å². The maximum Gasteiger partial charge on any atom is 0.262 e. The van der Waals surface area contributed by atoms with E-state index in [9.17, 15) is 21.6 Å². The van der Waals surface area contributed by atoms with E-state index < -0.39 is 26.0 Å². The third-order valence-electron chi connectivity index (χ3n) is 6.59. The number of fused-ring (bicyclic) bond motifs is 1. The lowest BCUT2D eigenvalue weighted by molar-refractivity contribution is 0.102. The largest absolute Gasteiger partial charge is 0.322 e. The predicted octanol–water partition coefficient (Wildman–Crippen LogP) is 6.31. The summed E-state index contributed by atoms with van der Waals surface area (Å²) >= 11 is 0. The van der Waals surface area contributed by atoms with Crippen LogP contribution in [0.1, 0.15) is 21.5 Å². The minimum Gasteiger partial charge on any atom is -0.322 e. The highest BCUT2D eigenvalue weighted by Gasteiger charge is 2.21. The Bertz CT molecular complexity index is 1980. The molecule has 8 nitrogen and oxygen atoms in total. The predicted molar refractivity (Wildman–Crippen MR) is 162 cm³/mol. The first kappa shape index (κ1) is 27.9. The second-order valence-electron chi connectivity index (χ2n) is 9.51. The monoisotopic (exact) mass is 585 g/mol. The minimum absolute atomic E-state index is 0.0191. The molecule has 5 aromatic rings. The average molecular weight is 586 g/mol. The fourth-order valence-electron chi connectivity index (χ4n) is 4.36. The van der Waals surface area contributed by atoms with Gasteiger partial charge < -0.3 is 5.32 Å². The van der Waals surface area contributed by atoms with Crippen molar-refractivity contribution in [3.63, 3.8) is 0 Å². The van der Waals surface area contributed by atoms with Crippen LogP contribution in [0.2, 0.25) is 0 Å². The van der Waals surface area contributed by atoms with Crippen molar-refractivity contribution in [2.24, 2.45) is 0 Å². The van der Waals surface area contributed by atoms with Crippen LogP contribution in [0.3, 0.4) is 0 Å². The summed E-state index contributed by atoms with van der Waals surface area (Å²) in [5.74, 6) is -0.540. The highest BCUT2D eigenvalue weighted by Crippen LogP contribution is 2.27. The van der Waals surface area contributed by atoms with Crippen molar-refractivity contribution in [2.75, 3.05) is 14.8 Å². The number of benzene rings is 5. The van der Waals surface area contributed by atoms with Gasteiger partial charge in [-0.1, -0.05) is 60.7 Å². The molecular formula is C31H27N3O5S2. The Morgan fingerprint density at radius 3 is 2.00 bits per heavy atom. The molecule has 0 heterocycles. The number of amides is 1. The van der Waals surface area contributed by atoms with Gasteiger partial charge in [0.1, 0.15) is 0 Å². The van der Waals surface area contributed by atoms with E-state index in [1.54, 1.807) is 50.2 Å². The van der Waals surface area contributed by atoms with E-state index in [1.165, 1.54) is 36.4 Å². The Balaban J connectivity index is 1.32. The number of aryl methyl sites for hydroxylation is 2. The molecule has 0 bridgehead atoms. The van der Waals surface area contributed by atoms with Gasteiger partial charge in [-0.25, -0.2) is 16.8 Å². The Morgan fingerprint density at radius 1 is 0.610 bits per heavy atom. The Morgan fingerprint density at radius 2 is 1.24 bits per heavy atom. The molecule has 0 aliphatic heterocycles. The van der Waals surface area contributed by atoms with Crippen molar-refractivity contribution in [3.8, 4) is 0 Å². The quantitative estimate of drug-likeness (QED) is 0.197. The molecule has 10 heteroatoms. The fourth-order valence-corrected chi connectivity index (χ4v) is 6.84. The molecule has 0 aliphatic rings. The second kappa shape index (κ2) is 11.1. The molecular weight excluding hydrogens is 558 g/mol. The lowest BCUT2D eigenvalue weighted by atomic mass is 10.1. The van der Waals surface area contributed by atoms with Gasteiger partial charge in [0.05, 0.1) is 21.2 Å². The van der Waals surface area contributed by atoms with Gasteiger partial charge in [0.2, 0.25) is 0 Å². The Kier molecular flexibility index (Phi) is 7.53. The number of carbonyl (C=O) groups is 1. The summed E-state index contributed by atoms with van der Waals surface area (Å²) in [6.07, 6.45) is 0. The van der Waals surface area contributed by atoms with Gasteiger partial charge in [-0.05, 0) is 78.9 Å². The van der Waals surface area contributed by atoms with Gasteiger partial charge in [0.25, 0.3) is 26.0 Å². The molecule has 3 N–H and O–H groups in total. The standard InChI is InChI=1S/C31H27N3O5S2/c1-21-8-3-6-12-28(21)33-41(38,39)30-20-24(15-14-22(30)2)31(35)32-25-16-18-26(19-17-25)40(36,37)34-29-13-7-10-23-9-4-5-11-27(23)29/h3-20,33-34H,1-2H3,(H,32,35). The van der Waals surface area contributed by atoms with Crippen LogP contribution in [0.25, 0.3) is 10.8 Å². The number of hydrogen-bond acceptors (Lipinski definition) is 5. The first-order valence-corrected chi connectivity index (χ1v) is 15.6. The number of nitrogens with one attached hydrogen (secondary N) is 3. The molecule has 1 amide bonds. The van der Waals surface area contributed by atoms with Crippen molar-refractivity contribution >= 4 is 53.8 Å². The maximum atomic E-state index is 13.1. The Labute approximate surface area is 239 Å². The van der Waals surface area contributed by atoms with Crippen LogP contribution in [0.4, 0.5) is 17.1 Å². The number of anilines is 3. The van der Waals surface area contributed by atoms with E-state index >= 15 is 0 Å². The number of carbonyl (C=O) groups excluding carboxylic acids is 1. The fraction of sp³-hybridized carbons (Fsp3) is 0.0645. The first-order valence-electron chi connectivity index (χ1n) is 12.6. The summed E-state index contributed by atoms with van der Waals surface area (Å²) < 4.78 is 57.6. The van der Waals surface area contributed by atoms with Crippen LogP contribution in [0, 0.1) is 13.8 Å². The van der Waals surface area contributed by atoms with E-state index in [0.29, 0.717) is 22.6 Å². The zero-order valence-corrected chi connectivity index (χ0v) is 23.9. The smallest absolute Gasteiger partial charge is 0.262 e. The van der Waals surface area contributed by atoms with Gasteiger partial charge in [-0.15, -0.1) is 0 Å². The topological polar surface area (TPSA) is 121 Å². The number of sulfonamides is 2. The van der Waals surface area contributed by atoms with E-state index in [0.717, 1.165) is 16.3 Å². The molecule has 0 atom stereocenters. The molecule has 41 heavy (non-hydrogen) atoms. The van der Waals surface area contributed by atoms with E-state index in [4.69, 9.17) is 0 Å². The third-order valence-corrected chi connectivity index (χ3v) is 9.47. The van der Waals surface area contributed by atoms with Crippen molar-refractivity contribution in [1.82, 2.24) is 0 Å². The molecule has 0 aromatic heterocycles. The third kappa shape index (κ3) is 6.08. The second-order valence-corrected chi connectivity index (χ2v) is 12.8. The zero-order valence-electron chi connectivity index (χ0n) is 22.3. The maximum absolute atomic E-state index is 13.1. The number of rotatable bonds is 8. The van der Waals surface area contributed by atoms with Crippen molar-refractivity contribution in [3.05, 3.63) is 126 Å². The lowest BCUT2D eigenvalue weighted by Gasteiger charge is -2.14. The van der Waals surface area contributed by atoms with Gasteiger partial charge in [-0.2, -0.15) is 0 Å². The van der Waals surface area contributed by atoms with Crippen molar-refractivity contribution < 1.29 is 21.6 Å².